The van der Waals surface area contributed by atoms with Gasteiger partial charge in [0.25, 0.3) is 0 Å². The van der Waals surface area contributed by atoms with Crippen molar-refractivity contribution < 1.29 is 9.90 Å². The number of rotatable bonds is 4. The lowest BCUT2D eigenvalue weighted by molar-refractivity contribution is -0.142. The van der Waals surface area contributed by atoms with E-state index in [9.17, 15) is 9.90 Å². The molecule has 0 bridgehead atoms. The zero-order chi connectivity index (χ0) is 14.7. The summed E-state index contributed by atoms with van der Waals surface area (Å²) in [6.45, 7) is 1.95. The summed E-state index contributed by atoms with van der Waals surface area (Å²) in [5, 5.41) is 9.26. The van der Waals surface area contributed by atoms with Gasteiger partial charge in [-0.05, 0) is 62.5 Å². The molecule has 0 spiro atoms. The molecule has 114 valence electrons. The van der Waals surface area contributed by atoms with Crippen LogP contribution in [0, 0.1) is 5.92 Å². The highest BCUT2D eigenvalue weighted by molar-refractivity contribution is 5.73. The first-order valence-corrected chi connectivity index (χ1v) is 8.26. The molecule has 0 amide bonds. The molecule has 1 aromatic rings. The maximum atomic E-state index is 11.2. The third kappa shape index (κ3) is 3.46. The summed E-state index contributed by atoms with van der Waals surface area (Å²) in [5.41, 5.74) is 1.47. The number of carbonyl (C=O) groups is 1. The van der Waals surface area contributed by atoms with Gasteiger partial charge < -0.3 is 5.11 Å². The maximum Gasteiger partial charge on any atom is 0.320 e. The van der Waals surface area contributed by atoms with Crippen molar-refractivity contribution in [1.82, 2.24) is 4.90 Å². The van der Waals surface area contributed by atoms with Crippen molar-refractivity contribution in [2.24, 2.45) is 5.92 Å². The van der Waals surface area contributed by atoms with Gasteiger partial charge in [0, 0.05) is 6.54 Å². The summed E-state index contributed by atoms with van der Waals surface area (Å²) in [7, 11) is 0. The zero-order valence-corrected chi connectivity index (χ0v) is 12.6. The second-order valence-corrected chi connectivity index (χ2v) is 6.62. The predicted octanol–water partition coefficient (Wildman–Crippen LogP) is 3.51. The van der Waals surface area contributed by atoms with Crippen LogP contribution < -0.4 is 0 Å². The third-order valence-corrected chi connectivity index (χ3v) is 5.26. The minimum Gasteiger partial charge on any atom is -0.480 e. The van der Waals surface area contributed by atoms with Crippen LogP contribution >= 0.6 is 0 Å². The van der Waals surface area contributed by atoms with E-state index in [4.69, 9.17) is 0 Å². The highest BCUT2D eigenvalue weighted by atomic mass is 16.4. The van der Waals surface area contributed by atoms with Gasteiger partial charge in [-0.15, -0.1) is 0 Å². The van der Waals surface area contributed by atoms with Crippen molar-refractivity contribution in [2.75, 3.05) is 13.1 Å². The van der Waals surface area contributed by atoms with Crippen molar-refractivity contribution in [3.05, 3.63) is 35.9 Å². The van der Waals surface area contributed by atoms with Crippen molar-refractivity contribution in [3.63, 3.8) is 0 Å². The molecule has 1 aliphatic heterocycles. The summed E-state index contributed by atoms with van der Waals surface area (Å²) in [5.74, 6) is 0.756. The quantitative estimate of drug-likeness (QED) is 0.921. The lowest BCUT2D eigenvalue weighted by Gasteiger charge is -2.32. The number of carboxylic acid groups (broad SMARTS) is 1. The Morgan fingerprint density at radius 3 is 2.48 bits per heavy atom. The summed E-state index contributed by atoms with van der Waals surface area (Å²) in [4.78, 5) is 13.5. The van der Waals surface area contributed by atoms with E-state index in [-0.39, 0.29) is 6.04 Å². The van der Waals surface area contributed by atoms with Crippen LogP contribution in [0.2, 0.25) is 0 Å². The molecule has 1 atom stereocenters. The van der Waals surface area contributed by atoms with E-state index >= 15 is 0 Å². The molecule has 1 aliphatic carbocycles. The standard InChI is InChI=1S/C18H25NO2/c20-18(21)17-7-4-12-19(17)13-14-8-10-16(11-9-14)15-5-2-1-3-6-15/h1-3,5-6,14,16-17H,4,7-13H2,(H,20,21)/t14?,16?,17-/m1/s1. The Hall–Kier alpha value is -1.35. The summed E-state index contributed by atoms with van der Waals surface area (Å²) >= 11 is 0. The topological polar surface area (TPSA) is 40.5 Å². The summed E-state index contributed by atoms with van der Waals surface area (Å²) in [6, 6.07) is 10.6. The van der Waals surface area contributed by atoms with Crippen LogP contribution in [0.15, 0.2) is 30.3 Å². The zero-order valence-electron chi connectivity index (χ0n) is 12.6. The molecule has 1 saturated carbocycles. The SMILES string of the molecule is O=C(O)[C@H]1CCCN1CC1CCC(c2ccccc2)CC1. The maximum absolute atomic E-state index is 11.2. The number of hydrogen-bond acceptors (Lipinski definition) is 2. The van der Waals surface area contributed by atoms with Crippen LogP contribution in [0.1, 0.15) is 50.0 Å². The van der Waals surface area contributed by atoms with E-state index in [0.29, 0.717) is 11.8 Å². The van der Waals surface area contributed by atoms with E-state index in [1.807, 2.05) is 0 Å². The van der Waals surface area contributed by atoms with Gasteiger partial charge in [-0.3, -0.25) is 9.69 Å². The molecule has 3 rings (SSSR count). The number of nitrogens with zero attached hydrogens (tertiary/aromatic N) is 1. The first-order valence-electron chi connectivity index (χ1n) is 8.26. The number of hydrogen-bond donors (Lipinski definition) is 1. The van der Waals surface area contributed by atoms with Crippen LogP contribution in [0.4, 0.5) is 0 Å². The van der Waals surface area contributed by atoms with Crippen LogP contribution in [-0.4, -0.2) is 35.1 Å². The van der Waals surface area contributed by atoms with E-state index < -0.39 is 5.97 Å². The average molecular weight is 287 g/mol. The number of aliphatic carboxylic acids is 1. The molecule has 1 saturated heterocycles. The molecule has 1 aromatic carbocycles. The Labute approximate surface area is 127 Å². The number of likely N-dealkylation sites (tertiary alicyclic amines) is 1. The van der Waals surface area contributed by atoms with Crippen LogP contribution in [0.25, 0.3) is 0 Å². The average Bonchev–Trinajstić information content (AvgIpc) is 2.97. The molecule has 0 unspecified atom stereocenters. The van der Waals surface area contributed by atoms with Crippen molar-refractivity contribution in [3.8, 4) is 0 Å². The van der Waals surface area contributed by atoms with Gasteiger partial charge in [-0.25, -0.2) is 0 Å². The molecular formula is C18H25NO2. The smallest absolute Gasteiger partial charge is 0.320 e. The minimum atomic E-state index is -0.634. The predicted molar refractivity (Wildman–Crippen MR) is 83.4 cm³/mol. The lowest BCUT2D eigenvalue weighted by atomic mass is 9.78. The lowest BCUT2D eigenvalue weighted by Crippen LogP contribution is -2.39. The fourth-order valence-electron chi connectivity index (χ4n) is 4.06. The van der Waals surface area contributed by atoms with Crippen molar-refractivity contribution in [1.29, 1.82) is 0 Å². The van der Waals surface area contributed by atoms with Crippen LogP contribution in [0.5, 0.6) is 0 Å². The number of benzene rings is 1. The molecule has 1 N–H and O–H groups in total. The fourth-order valence-corrected chi connectivity index (χ4v) is 4.06. The number of carboxylic acids is 1. The summed E-state index contributed by atoms with van der Waals surface area (Å²) < 4.78 is 0. The molecule has 3 heteroatoms. The molecule has 1 heterocycles. The van der Waals surface area contributed by atoms with Gasteiger partial charge in [0.15, 0.2) is 0 Å². The first-order chi connectivity index (χ1) is 10.2. The van der Waals surface area contributed by atoms with Crippen molar-refractivity contribution in [2.45, 2.75) is 50.5 Å². The Balaban J connectivity index is 1.51. The molecule has 3 nitrogen and oxygen atoms in total. The third-order valence-electron chi connectivity index (χ3n) is 5.26. The van der Waals surface area contributed by atoms with E-state index in [1.54, 1.807) is 0 Å². The first kappa shape index (κ1) is 14.6. The molecular weight excluding hydrogens is 262 g/mol. The van der Waals surface area contributed by atoms with Gasteiger partial charge in [-0.1, -0.05) is 30.3 Å². The van der Waals surface area contributed by atoms with E-state index in [1.165, 1.54) is 31.2 Å². The Morgan fingerprint density at radius 2 is 1.81 bits per heavy atom. The summed E-state index contributed by atoms with van der Waals surface area (Å²) in [6.07, 6.45) is 6.84. The minimum absolute atomic E-state index is 0.225. The van der Waals surface area contributed by atoms with Gasteiger partial charge in [0.2, 0.25) is 0 Å². The molecule has 0 radical (unpaired) electrons. The Bertz CT molecular complexity index is 465. The van der Waals surface area contributed by atoms with E-state index in [2.05, 4.69) is 35.2 Å². The molecule has 21 heavy (non-hydrogen) atoms. The van der Waals surface area contributed by atoms with Gasteiger partial charge >= 0.3 is 5.97 Å². The van der Waals surface area contributed by atoms with Gasteiger partial charge in [-0.2, -0.15) is 0 Å². The normalized spacial score (nSPS) is 30.4. The Kier molecular flexibility index (Phi) is 4.59. The second kappa shape index (κ2) is 6.61. The highest BCUT2D eigenvalue weighted by Gasteiger charge is 2.33. The van der Waals surface area contributed by atoms with E-state index in [0.717, 1.165) is 25.9 Å². The second-order valence-electron chi connectivity index (χ2n) is 6.62. The van der Waals surface area contributed by atoms with Gasteiger partial charge in [0.1, 0.15) is 6.04 Å². The van der Waals surface area contributed by atoms with Crippen LogP contribution in [-0.2, 0) is 4.79 Å². The Morgan fingerprint density at radius 1 is 1.10 bits per heavy atom. The van der Waals surface area contributed by atoms with Crippen LogP contribution in [0.3, 0.4) is 0 Å². The highest BCUT2D eigenvalue weighted by Crippen LogP contribution is 2.36. The monoisotopic (exact) mass is 287 g/mol. The van der Waals surface area contributed by atoms with Crippen molar-refractivity contribution >= 4 is 5.97 Å². The van der Waals surface area contributed by atoms with Gasteiger partial charge in [0.05, 0.1) is 0 Å². The molecule has 2 fully saturated rings. The largest absolute Gasteiger partial charge is 0.480 e. The molecule has 2 aliphatic rings. The fraction of sp³-hybridized carbons (Fsp3) is 0.611. The molecule has 0 aromatic heterocycles.